The van der Waals surface area contributed by atoms with Crippen LogP contribution in [-0.2, 0) is 6.61 Å². The van der Waals surface area contributed by atoms with Crippen molar-refractivity contribution >= 4 is 23.2 Å². The molecule has 0 unspecified atom stereocenters. The third-order valence-electron chi connectivity index (χ3n) is 2.04. The Morgan fingerprint density at radius 1 is 0.938 bits per heavy atom. The van der Waals surface area contributed by atoms with Crippen LogP contribution in [0.4, 0.5) is 0 Å². The van der Waals surface area contributed by atoms with Crippen molar-refractivity contribution in [2.75, 3.05) is 0 Å². The third-order valence-corrected chi connectivity index (χ3v) is 2.48. The molecule has 82 valence electrons. The Hall–Kier alpha value is -1.16. The number of benzene rings is 1. The Morgan fingerprint density at radius 2 is 1.50 bits per heavy atom. The minimum atomic E-state index is -0.170. The van der Waals surface area contributed by atoms with Crippen molar-refractivity contribution in [3.63, 3.8) is 0 Å². The Bertz CT molecular complexity index is 480. The van der Waals surface area contributed by atoms with E-state index in [0.717, 1.165) is 11.1 Å². The molecule has 2 rings (SSSR count). The lowest BCUT2D eigenvalue weighted by molar-refractivity contribution is 0.271. The quantitative estimate of drug-likeness (QED) is 0.897. The molecule has 2 aromatic rings. The summed E-state index contributed by atoms with van der Waals surface area (Å²) in [4.78, 5) is 7.97. The molecule has 0 spiro atoms. The Morgan fingerprint density at radius 3 is 2.00 bits per heavy atom. The number of aromatic nitrogens is 2. The first-order valence-corrected chi connectivity index (χ1v) is 5.33. The summed E-state index contributed by atoms with van der Waals surface area (Å²) in [5.74, 6) is 0.386. The lowest BCUT2D eigenvalue weighted by Crippen LogP contribution is -1.93. The highest BCUT2D eigenvalue weighted by atomic mass is 35.5. The largest absolute Gasteiger partial charge is 0.388 e. The van der Waals surface area contributed by atoms with Gasteiger partial charge in [0.1, 0.15) is 6.61 Å². The van der Waals surface area contributed by atoms with E-state index in [0.29, 0.717) is 15.9 Å². The molecule has 0 amide bonds. The predicted octanol–water partition coefficient (Wildman–Crippen LogP) is 2.94. The van der Waals surface area contributed by atoms with Gasteiger partial charge in [0.25, 0.3) is 0 Å². The van der Waals surface area contributed by atoms with E-state index in [9.17, 15) is 0 Å². The molecule has 0 fully saturated rings. The van der Waals surface area contributed by atoms with Gasteiger partial charge in [-0.25, -0.2) is 9.97 Å². The van der Waals surface area contributed by atoms with Crippen LogP contribution in [0.25, 0.3) is 11.1 Å². The highest BCUT2D eigenvalue weighted by Crippen LogP contribution is 2.26. The van der Waals surface area contributed by atoms with Crippen LogP contribution in [0.2, 0.25) is 10.0 Å². The number of aliphatic hydroxyl groups excluding tert-OH is 1. The average Bonchev–Trinajstić information content (AvgIpc) is 2.28. The van der Waals surface area contributed by atoms with Gasteiger partial charge in [-0.05, 0) is 23.8 Å². The fraction of sp³-hybridized carbons (Fsp3) is 0.0909. The van der Waals surface area contributed by atoms with E-state index in [1.165, 1.54) is 0 Å². The highest BCUT2D eigenvalue weighted by Gasteiger charge is 2.02. The van der Waals surface area contributed by atoms with Gasteiger partial charge in [-0.15, -0.1) is 0 Å². The molecular formula is C11H8Cl2N2O. The molecule has 3 nitrogen and oxygen atoms in total. The van der Waals surface area contributed by atoms with Crippen molar-refractivity contribution in [2.45, 2.75) is 6.61 Å². The molecule has 1 aromatic heterocycles. The monoisotopic (exact) mass is 254 g/mol. The van der Waals surface area contributed by atoms with Crippen LogP contribution in [0.15, 0.2) is 30.6 Å². The summed E-state index contributed by atoms with van der Waals surface area (Å²) in [5, 5.41) is 9.95. The molecule has 0 bridgehead atoms. The number of hydrogen-bond donors (Lipinski definition) is 1. The first-order valence-electron chi connectivity index (χ1n) is 4.57. The van der Waals surface area contributed by atoms with Crippen LogP contribution < -0.4 is 0 Å². The number of rotatable bonds is 2. The van der Waals surface area contributed by atoms with Gasteiger partial charge < -0.3 is 5.11 Å². The molecule has 16 heavy (non-hydrogen) atoms. The second-order valence-electron chi connectivity index (χ2n) is 3.20. The van der Waals surface area contributed by atoms with Gasteiger partial charge >= 0.3 is 0 Å². The van der Waals surface area contributed by atoms with Crippen molar-refractivity contribution < 1.29 is 5.11 Å². The van der Waals surface area contributed by atoms with Gasteiger partial charge in [-0.2, -0.15) is 0 Å². The highest BCUT2D eigenvalue weighted by molar-refractivity contribution is 6.35. The van der Waals surface area contributed by atoms with Gasteiger partial charge in [-0.3, -0.25) is 0 Å². The van der Waals surface area contributed by atoms with Gasteiger partial charge in [-0.1, -0.05) is 23.2 Å². The van der Waals surface area contributed by atoms with Gasteiger partial charge in [0.2, 0.25) is 0 Å². The molecule has 0 saturated carbocycles. The number of hydrogen-bond acceptors (Lipinski definition) is 3. The molecule has 0 saturated heterocycles. The maximum Gasteiger partial charge on any atom is 0.153 e. The van der Waals surface area contributed by atoms with Crippen LogP contribution in [0.1, 0.15) is 5.82 Å². The zero-order valence-electron chi connectivity index (χ0n) is 8.19. The molecule has 5 heteroatoms. The first-order chi connectivity index (χ1) is 7.69. The maximum absolute atomic E-state index is 8.82. The van der Waals surface area contributed by atoms with Crippen LogP contribution in [0, 0.1) is 0 Å². The predicted molar refractivity (Wildman–Crippen MR) is 63.4 cm³/mol. The van der Waals surface area contributed by atoms with Crippen LogP contribution >= 0.6 is 23.2 Å². The second kappa shape index (κ2) is 4.78. The third kappa shape index (κ3) is 2.50. The molecule has 1 N–H and O–H groups in total. The molecule has 0 atom stereocenters. The first kappa shape index (κ1) is 11.3. The van der Waals surface area contributed by atoms with Gasteiger partial charge in [0.05, 0.1) is 0 Å². The summed E-state index contributed by atoms with van der Waals surface area (Å²) in [6.45, 7) is -0.170. The second-order valence-corrected chi connectivity index (χ2v) is 4.08. The molecule has 1 aromatic carbocycles. The van der Waals surface area contributed by atoms with Crippen molar-refractivity contribution in [1.82, 2.24) is 9.97 Å². The van der Waals surface area contributed by atoms with E-state index in [1.54, 1.807) is 30.6 Å². The molecule has 0 radical (unpaired) electrons. The number of halogens is 2. The summed E-state index contributed by atoms with van der Waals surface area (Å²) in [6.07, 6.45) is 3.25. The fourth-order valence-electron chi connectivity index (χ4n) is 1.31. The summed E-state index contributed by atoms with van der Waals surface area (Å²) in [5.41, 5.74) is 1.66. The van der Waals surface area contributed by atoms with E-state index in [2.05, 4.69) is 9.97 Å². The Balaban J connectivity index is 2.42. The molecular weight excluding hydrogens is 247 g/mol. The lowest BCUT2D eigenvalue weighted by Gasteiger charge is -2.03. The van der Waals surface area contributed by atoms with Crippen molar-refractivity contribution in [1.29, 1.82) is 0 Å². The summed E-state index contributed by atoms with van der Waals surface area (Å²) in [7, 11) is 0. The summed E-state index contributed by atoms with van der Waals surface area (Å²) in [6, 6.07) is 5.23. The molecule has 0 aliphatic carbocycles. The van der Waals surface area contributed by atoms with E-state index < -0.39 is 0 Å². The SMILES string of the molecule is OCc1ncc(-c2cc(Cl)cc(Cl)c2)cn1. The molecule has 1 heterocycles. The Labute approximate surface area is 103 Å². The average molecular weight is 255 g/mol. The van der Waals surface area contributed by atoms with Crippen LogP contribution in [-0.4, -0.2) is 15.1 Å². The van der Waals surface area contributed by atoms with E-state index in [4.69, 9.17) is 28.3 Å². The normalized spacial score (nSPS) is 10.4. The number of aliphatic hydroxyl groups is 1. The van der Waals surface area contributed by atoms with Crippen molar-refractivity contribution in [3.8, 4) is 11.1 Å². The van der Waals surface area contributed by atoms with E-state index >= 15 is 0 Å². The summed E-state index contributed by atoms with van der Waals surface area (Å²) >= 11 is 11.8. The lowest BCUT2D eigenvalue weighted by atomic mass is 10.1. The van der Waals surface area contributed by atoms with E-state index in [1.807, 2.05) is 0 Å². The van der Waals surface area contributed by atoms with Crippen molar-refractivity contribution in [3.05, 3.63) is 46.5 Å². The minimum Gasteiger partial charge on any atom is -0.388 e. The van der Waals surface area contributed by atoms with Gasteiger partial charge in [0.15, 0.2) is 5.82 Å². The zero-order chi connectivity index (χ0) is 11.5. The topological polar surface area (TPSA) is 46.0 Å². The van der Waals surface area contributed by atoms with Crippen molar-refractivity contribution in [2.24, 2.45) is 0 Å². The maximum atomic E-state index is 8.82. The number of nitrogens with zero attached hydrogens (tertiary/aromatic N) is 2. The smallest absolute Gasteiger partial charge is 0.153 e. The summed E-state index contributed by atoms with van der Waals surface area (Å²) < 4.78 is 0. The van der Waals surface area contributed by atoms with Crippen LogP contribution in [0.3, 0.4) is 0 Å². The van der Waals surface area contributed by atoms with Gasteiger partial charge in [0, 0.05) is 28.0 Å². The standard InChI is InChI=1S/C11H8Cl2N2O/c12-9-1-7(2-10(13)3-9)8-4-14-11(6-16)15-5-8/h1-5,16H,6H2. The van der Waals surface area contributed by atoms with E-state index in [-0.39, 0.29) is 6.61 Å². The molecule has 0 aliphatic heterocycles. The van der Waals surface area contributed by atoms with Crippen LogP contribution in [0.5, 0.6) is 0 Å². The zero-order valence-corrected chi connectivity index (χ0v) is 9.70. The Kier molecular flexibility index (Phi) is 3.39. The fourth-order valence-corrected chi connectivity index (χ4v) is 1.83. The minimum absolute atomic E-state index is 0.170. The molecule has 0 aliphatic rings.